The van der Waals surface area contributed by atoms with Gasteiger partial charge in [0.2, 0.25) is 0 Å². The van der Waals surface area contributed by atoms with Gasteiger partial charge in [-0.3, -0.25) is 0 Å². The Hall–Kier alpha value is -2.21. The Labute approximate surface area is 152 Å². The van der Waals surface area contributed by atoms with Crippen LogP contribution in [-0.4, -0.2) is 41.1 Å². The number of halogens is 3. The molecule has 0 spiro atoms. The summed E-state index contributed by atoms with van der Waals surface area (Å²) in [5.74, 6) is -1.79. The molecule has 3 heterocycles. The molecule has 0 atom stereocenters. The number of aliphatic hydroxyl groups is 3. The van der Waals surface area contributed by atoms with Crippen LogP contribution in [0.2, 0.25) is 0 Å². The number of nitrogens with zero attached hydrogens (tertiary/aromatic N) is 4. The minimum Gasteiger partial charge on any atom is -0.415 e. The van der Waals surface area contributed by atoms with Crippen molar-refractivity contribution in [1.29, 1.82) is 0 Å². The molecule has 0 bridgehead atoms. The Bertz CT molecular complexity index is 1020. The van der Waals surface area contributed by atoms with Gasteiger partial charge in [0.1, 0.15) is 21.7 Å². The molecule has 3 aromatic rings. The molecule has 26 heavy (non-hydrogen) atoms. The van der Waals surface area contributed by atoms with Gasteiger partial charge in [-0.25, -0.2) is 23.3 Å². The fourth-order valence-corrected chi connectivity index (χ4v) is 2.86. The number of pyridine rings is 1. The van der Waals surface area contributed by atoms with Crippen molar-refractivity contribution in [2.45, 2.75) is 24.9 Å². The maximum atomic E-state index is 14.2. The molecule has 0 aliphatic heterocycles. The van der Waals surface area contributed by atoms with Crippen LogP contribution in [0, 0.1) is 11.6 Å². The predicted molar refractivity (Wildman–Crippen MR) is 85.8 cm³/mol. The summed E-state index contributed by atoms with van der Waals surface area (Å²) in [6.07, 6.45) is -0.483. The van der Waals surface area contributed by atoms with Crippen LogP contribution in [0.25, 0.3) is 17.0 Å². The van der Waals surface area contributed by atoms with Crippen molar-refractivity contribution in [1.82, 2.24) is 19.6 Å². The second-order valence-electron chi connectivity index (χ2n) is 5.85. The topological polar surface area (TPSA) is 113 Å². The van der Waals surface area contributed by atoms with E-state index in [4.69, 9.17) is 20.1 Å². The summed E-state index contributed by atoms with van der Waals surface area (Å²) in [6, 6.07) is 2.03. The number of rotatable bonds is 4. The summed E-state index contributed by atoms with van der Waals surface area (Å²) in [6.45, 7) is 0. The zero-order valence-corrected chi connectivity index (χ0v) is 14.5. The lowest BCUT2D eigenvalue weighted by Crippen LogP contribution is -2.35. The third-order valence-electron chi connectivity index (χ3n) is 3.82. The van der Waals surface area contributed by atoms with Gasteiger partial charge in [-0.15, -0.1) is 0 Å². The third-order valence-corrected chi connectivity index (χ3v) is 4.38. The van der Waals surface area contributed by atoms with Gasteiger partial charge in [-0.1, -0.05) is 0 Å². The smallest absolute Gasteiger partial charge is 0.415 e. The molecule has 0 amide bonds. The van der Waals surface area contributed by atoms with Gasteiger partial charge in [-0.05, 0) is 28.8 Å². The van der Waals surface area contributed by atoms with Crippen molar-refractivity contribution in [3.8, 4) is 17.1 Å². The zero-order chi connectivity index (χ0) is 18.6. The molecule has 1 aliphatic rings. The number of imidazole rings is 1. The fraction of sp³-hybridized carbons (Fsp3) is 0.267. The van der Waals surface area contributed by atoms with Gasteiger partial charge in [0, 0.05) is 18.1 Å². The molecule has 0 saturated heterocycles. The van der Waals surface area contributed by atoms with Crippen LogP contribution in [0.1, 0.15) is 24.5 Å². The largest absolute Gasteiger partial charge is 0.453 e. The number of hydrogen-bond acceptors (Lipinski definition) is 7. The van der Waals surface area contributed by atoms with E-state index in [2.05, 4.69) is 31.0 Å². The molecule has 136 valence electrons. The van der Waals surface area contributed by atoms with E-state index in [1.54, 1.807) is 0 Å². The van der Waals surface area contributed by atoms with E-state index < -0.39 is 17.8 Å². The van der Waals surface area contributed by atoms with Crippen molar-refractivity contribution in [2.24, 2.45) is 0 Å². The second-order valence-corrected chi connectivity index (χ2v) is 6.60. The van der Waals surface area contributed by atoms with E-state index >= 15 is 0 Å². The van der Waals surface area contributed by atoms with E-state index in [1.165, 1.54) is 16.8 Å². The van der Waals surface area contributed by atoms with E-state index in [-0.39, 0.29) is 33.3 Å². The molecule has 0 unspecified atom stereocenters. The van der Waals surface area contributed by atoms with Gasteiger partial charge < -0.3 is 20.1 Å². The summed E-state index contributed by atoms with van der Waals surface area (Å²) in [4.78, 5) is 7.91. The Morgan fingerprint density at radius 1 is 1.19 bits per heavy atom. The highest BCUT2D eigenvalue weighted by atomic mass is 79.9. The van der Waals surface area contributed by atoms with Gasteiger partial charge in [0.05, 0.1) is 6.20 Å². The van der Waals surface area contributed by atoms with Crippen LogP contribution in [0.5, 0.6) is 5.75 Å². The maximum absolute atomic E-state index is 14.2. The Kier molecular flexibility index (Phi) is 3.91. The van der Waals surface area contributed by atoms with Crippen molar-refractivity contribution in [3.63, 3.8) is 0 Å². The maximum Gasteiger partial charge on any atom is 0.453 e. The number of ether oxygens (including phenoxy) is 1. The van der Waals surface area contributed by atoms with Crippen LogP contribution in [0.4, 0.5) is 8.78 Å². The van der Waals surface area contributed by atoms with Gasteiger partial charge in [-0.2, -0.15) is 5.10 Å². The first-order valence-corrected chi connectivity index (χ1v) is 8.29. The van der Waals surface area contributed by atoms with Crippen LogP contribution in [0.15, 0.2) is 22.9 Å². The molecule has 8 nitrogen and oxygen atoms in total. The SMILES string of the molecule is OC(O)(O)Oc1cc2ncc(-c3nc(Br)c(F)cc3F)n2nc1C1CC1. The van der Waals surface area contributed by atoms with Crippen LogP contribution >= 0.6 is 15.9 Å². The average Bonchev–Trinajstić information content (AvgIpc) is 3.30. The van der Waals surface area contributed by atoms with Crippen molar-refractivity contribution in [2.75, 3.05) is 0 Å². The monoisotopic (exact) mass is 428 g/mol. The number of aromatic nitrogens is 4. The predicted octanol–water partition coefficient (Wildman–Crippen LogP) is 1.68. The normalized spacial score (nSPS) is 14.8. The number of fused-ring (bicyclic) bond motifs is 1. The van der Waals surface area contributed by atoms with Gasteiger partial charge >= 0.3 is 6.16 Å². The number of hydrogen-bond donors (Lipinski definition) is 3. The molecule has 1 fully saturated rings. The molecule has 1 aliphatic carbocycles. The minimum absolute atomic E-state index is 0.00948. The van der Waals surface area contributed by atoms with Crippen molar-refractivity contribution >= 4 is 21.6 Å². The molecule has 3 aromatic heterocycles. The van der Waals surface area contributed by atoms with Crippen LogP contribution in [-0.2, 0) is 0 Å². The van der Waals surface area contributed by atoms with Crippen molar-refractivity contribution in [3.05, 3.63) is 40.3 Å². The Morgan fingerprint density at radius 3 is 2.58 bits per heavy atom. The lowest BCUT2D eigenvalue weighted by molar-refractivity contribution is -0.419. The van der Waals surface area contributed by atoms with Crippen molar-refractivity contribution < 1.29 is 28.8 Å². The molecule has 3 N–H and O–H groups in total. The highest BCUT2D eigenvalue weighted by Crippen LogP contribution is 2.44. The van der Waals surface area contributed by atoms with Crippen LogP contribution in [0.3, 0.4) is 0 Å². The molecule has 11 heteroatoms. The molecule has 4 rings (SSSR count). The summed E-state index contributed by atoms with van der Waals surface area (Å²) < 4.78 is 33.5. The van der Waals surface area contributed by atoms with Crippen LogP contribution < -0.4 is 4.74 Å². The van der Waals surface area contributed by atoms with E-state index in [0.29, 0.717) is 11.8 Å². The molecule has 0 radical (unpaired) electrons. The lowest BCUT2D eigenvalue weighted by Gasteiger charge is -2.17. The average molecular weight is 429 g/mol. The Balaban J connectivity index is 1.89. The summed E-state index contributed by atoms with van der Waals surface area (Å²) in [5.41, 5.74) is 0.551. The standard InChI is InChI=1S/C15H11BrF2N4O4/c16-14-8(18)3-7(17)13(20-14)9-5-19-11-4-10(26-15(23,24)25)12(6-1-2-6)21-22(9)11/h3-6,23-25H,1-2H2. The molecular weight excluding hydrogens is 418 g/mol. The highest BCUT2D eigenvalue weighted by Gasteiger charge is 2.33. The first kappa shape index (κ1) is 17.2. The zero-order valence-electron chi connectivity index (χ0n) is 12.9. The van der Waals surface area contributed by atoms with E-state index in [0.717, 1.165) is 12.8 Å². The first-order valence-electron chi connectivity index (χ1n) is 7.49. The summed E-state index contributed by atoms with van der Waals surface area (Å²) in [7, 11) is 0. The quantitative estimate of drug-likeness (QED) is 0.427. The second kappa shape index (κ2) is 5.91. The van der Waals surface area contributed by atoms with Gasteiger partial charge in [0.25, 0.3) is 0 Å². The van der Waals surface area contributed by atoms with Gasteiger partial charge in [0.15, 0.2) is 23.0 Å². The summed E-state index contributed by atoms with van der Waals surface area (Å²) in [5, 5.41) is 31.6. The highest BCUT2D eigenvalue weighted by molar-refractivity contribution is 9.10. The summed E-state index contributed by atoms with van der Waals surface area (Å²) >= 11 is 2.92. The molecule has 1 saturated carbocycles. The Morgan fingerprint density at radius 2 is 1.92 bits per heavy atom. The third kappa shape index (κ3) is 3.14. The van der Waals surface area contributed by atoms with E-state index in [1.807, 2.05) is 0 Å². The first-order chi connectivity index (χ1) is 12.2. The molecule has 0 aromatic carbocycles. The lowest BCUT2D eigenvalue weighted by atomic mass is 10.2. The van der Waals surface area contributed by atoms with E-state index in [9.17, 15) is 8.78 Å². The molecular formula is C15H11BrF2N4O4. The minimum atomic E-state index is -3.37. The fourth-order valence-electron chi connectivity index (χ4n) is 2.57.